The Balaban J connectivity index is 2.67. The fraction of sp³-hybridized carbons (Fsp3) is 0.438. The van der Waals surface area contributed by atoms with E-state index in [9.17, 15) is 4.39 Å². The molecule has 0 aliphatic rings. The topological polar surface area (TPSA) is 43.8 Å². The molecule has 0 amide bonds. The molecule has 0 unspecified atom stereocenters. The average molecular weight is 275 g/mol. The molecule has 1 aromatic heterocycles. The third-order valence-electron chi connectivity index (χ3n) is 3.58. The van der Waals surface area contributed by atoms with Crippen LogP contribution in [-0.4, -0.2) is 9.78 Å². The van der Waals surface area contributed by atoms with E-state index in [-0.39, 0.29) is 11.9 Å². The summed E-state index contributed by atoms with van der Waals surface area (Å²) in [5.74, 6) is -0.220. The van der Waals surface area contributed by atoms with Crippen LogP contribution in [0, 0.1) is 12.7 Å². The summed E-state index contributed by atoms with van der Waals surface area (Å²) < 4.78 is 15.7. The van der Waals surface area contributed by atoms with Crippen molar-refractivity contribution in [2.24, 2.45) is 5.73 Å². The van der Waals surface area contributed by atoms with Gasteiger partial charge in [-0.15, -0.1) is 0 Å². The van der Waals surface area contributed by atoms with Crippen molar-refractivity contribution >= 4 is 0 Å². The Morgan fingerprint density at radius 1 is 1.25 bits per heavy atom. The molecule has 0 bridgehead atoms. The molecular formula is C16H22FN3. The van der Waals surface area contributed by atoms with E-state index in [1.165, 1.54) is 6.07 Å². The summed E-state index contributed by atoms with van der Waals surface area (Å²) in [6.45, 7) is 7.80. The summed E-state index contributed by atoms with van der Waals surface area (Å²) in [5, 5.41) is 4.62. The molecule has 2 rings (SSSR count). The molecule has 0 radical (unpaired) electrons. The third kappa shape index (κ3) is 2.61. The molecule has 108 valence electrons. The molecule has 2 aromatic rings. The summed E-state index contributed by atoms with van der Waals surface area (Å²) in [4.78, 5) is 0. The van der Waals surface area contributed by atoms with Gasteiger partial charge in [0.1, 0.15) is 5.82 Å². The van der Waals surface area contributed by atoms with Crippen LogP contribution in [0.5, 0.6) is 0 Å². The predicted molar refractivity (Wildman–Crippen MR) is 79.6 cm³/mol. The van der Waals surface area contributed by atoms with Crippen LogP contribution in [0.15, 0.2) is 18.2 Å². The number of benzene rings is 1. The average Bonchev–Trinajstić information content (AvgIpc) is 2.84. The number of hydrogen-bond donors (Lipinski definition) is 1. The van der Waals surface area contributed by atoms with E-state index in [1.54, 1.807) is 6.92 Å². The highest BCUT2D eigenvalue weighted by Gasteiger charge is 2.16. The lowest BCUT2D eigenvalue weighted by molar-refractivity contribution is 0.610. The lowest BCUT2D eigenvalue weighted by Crippen LogP contribution is -2.13. The van der Waals surface area contributed by atoms with Gasteiger partial charge in [-0.25, -0.2) is 9.07 Å². The summed E-state index contributed by atoms with van der Waals surface area (Å²) in [7, 11) is 0. The third-order valence-corrected chi connectivity index (χ3v) is 3.58. The Morgan fingerprint density at radius 2 is 1.95 bits per heavy atom. The van der Waals surface area contributed by atoms with Crippen LogP contribution in [-0.2, 0) is 12.8 Å². The molecule has 2 N–H and O–H groups in total. The lowest BCUT2D eigenvalue weighted by atomic mass is 10.0. The first-order chi connectivity index (χ1) is 9.47. The SMILES string of the molecule is CCc1cc(CC)n(-c2cc(C)c(F)cc2[C@H](C)N)n1. The van der Waals surface area contributed by atoms with Gasteiger partial charge in [0.2, 0.25) is 0 Å². The smallest absolute Gasteiger partial charge is 0.126 e. The second-order valence-corrected chi connectivity index (χ2v) is 5.19. The van der Waals surface area contributed by atoms with Crippen molar-refractivity contribution in [1.29, 1.82) is 0 Å². The van der Waals surface area contributed by atoms with Crippen molar-refractivity contribution in [2.45, 2.75) is 46.6 Å². The molecule has 0 saturated carbocycles. The van der Waals surface area contributed by atoms with Crippen LogP contribution in [0.4, 0.5) is 4.39 Å². The summed E-state index contributed by atoms with van der Waals surface area (Å²) in [5.41, 5.74) is 10.4. The quantitative estimate of drug-likeness (QED) is 0.928. The summed E-state index contributed by atoms with van der Waals surface area (Å²) in [6.07, 6.45) is 1.76. The fourth-order valence-corrected chi connectivity index (χ4v) is 2.34. The minimum atomic E-state index is -0.237. The molecule has 0 saturated heterocycles. The Morgan fingerprint density at radius 3 is 2.50 bits per heavy atom. The second kappa shape index (κ2) is 5.75. The molecular weight excluding hydrogens is 253 g/mol. The normalized spacial score (nSPS) is 12.7. The minimum absolute atomic E-state index is 0.220. The zero-order chi connectivity index (χ0) is 14.9. The summed E-state index contributed by atoms with van der Waals surface area (Å²) >= 11 is 0. The molecule has 1 atom stereocenters. The number of rotatable bonds is 4. The van der Waals surface area contributed by atoms with E-state index in [0.717, 1.165) is 35.5 Å². The Kier molecular flexibility index (Phi) is 4.23. The molecule has 4 heteroatoms. The van der Waals surface area contributed by atoms with Crippen LogP contribution < -0.4 is 5.73 Å². The first-order valence-electron chi connectivity index (χ1n) is 7.11. The Hall–Kier alpha value is -1.68. The molecule has 1 heterocycles. The van der Waals surface area contributed by atoms with Crippen molar-refractivity contribution < 1.29 is 4.39 Å². The number of nitrogens with zero attached hydrogens (tertiary/aromatic N) is 2. The van der Waals surface area contributed by atoms with E-state index in [0.29, 0.717) is 5.56 Å². The second-order valence-electron chi connectivity index (χ2n) is 5.19. The number of nitrogens with two attached hydrogens (primary N) is 1. The molecule has 0 fully saturated rings. The van der Waals surface area contributed by atoms with Crippen LogP contribution in [0.1, 0.15) is 49.3 Å². The molecule has 1 aromatic carbocycles. The van der Waals surface area contributed by atoms with Gasteiger partial charge >= 0.3 is 0 Å². The van der Waals surface area contributed by atoms with Gasteiger partial charge in [0.25, 0.3) is 0 Å². The van der Waals surface area contributed by atoms with Gasteiger partial charge in [-0.3, -0.25) is 0 Å². The van der Waals surface area contributed by atoms with Gasteiger partial charge in [0.15, 0.2) is 0 Å². The van der Waals surface area contributed by atoms with Crippen molar-refractivity contribution in [3.8, 4) is 5.69 Å². The van der Waals surface area contributed by atoms with Gasteiger partial charge in [-0.05, 0) is 56.0 Å². The van der Waals surface area contributed by atoms with Gasteiger partial charge in [0, 0.05) is 11.7 Å². The van der Waals surface area contributed by atoms with Crippen LogP contribution in [0.3, 0.4) is 0 Å². The van der Waals surface area contributed by atoms with Gasteiger partial charge in [-0.1, -0.05) is 13.8 Å². The van der Waals surface area contributed by atoms with Gasteiger partial charge in [-0.2, -0.15) is 5.10 Å². The lowest BCUT2D eigenvalue weighted by Gasteiger charge is -2.16. The molecule has 20 heavy (non-hydrogen) atoms. The molecule has 0 spiro atoms. The van der Waals surface area contributed by atoms with E-state index in [4.69, 9.17) is 5.73 Å². The van der Waals surface area contributed by atoms with Gasteiger partial charge < -0.3 is 5.73 Å². The maximum Gasteiger partial charge on any atom is 0.126 e. The van der Waals surface area contributed by atoms with E-state index in [1.807, 2.05) is 17.7 Å². The first-order valence-corrected chi connectivity index (χ1v) is 7.11. The highest BCUT2D eigenvalue weighted by Crippen LogP contribution is 2.25. The predicted octanol–water partition coefficient (Wildman–Crippen LogP) is 3.46. The maximum atomic E-state index is 13.8. The van der Waals surface area contributed by atoms with Crippen molar-refractivity contribution in [2.75, 3.05) is 0 Å². The van der Waals surface area contributed by atoms with E-state index >= 15 is 0 Å². The number of aryl methyl sites for hydroxylation is 3. The number of halogens is 1. The zero-order valence-electron chi connectivity index (χ0n) is 12.6. The molecule has 0 aliphatic carbocycles. The zero-order valence-corrected chi connectivity index (χ0v) is 12.6. The Labute approximate surface area is 119 Å². The van der Waals surface area contributed by atoms with Crippen LogP contribution >= 0.6 is 0 Å². The van der Waals surface area contributed by atoms with E-state index in [2.05, 4.69) is 25.0 Å². The number of aromatic nitrogens is 2. The fourth-order valence-electron chi connectivity index (χ4n) is 2.34. The van der Waals surface area contributed by atoms with E-state index < -0.39 is 0 Å². The first kappa shape index (κ1) is 14.7. The summed E-state index contributed by atoms with van der Waals surface area (Å²) in [6, 6.07) is 5.23. The molecule has 3 nitrogen and oxygen atoms in total. The van der Waals surface area contributed by atoms with Crippen LogP contribution in [0.2, 0.25) is 0 Å². The largest absolute Gasteiger partial charge is 0.324 e. The number of hydrogen-bond acceptors (Lipinski definition) is 2. The highest BCUT2D eigenvalue weighted by atomic mass is 19.1. The molecule has 0 aliphatic heterocycles. The standard InChI is InChI=1S/C16H22FN3/c1-5-12-8-13(6-2)20(19-12)16-7-10(3)15(17)9-14(16)11(4)18/h7-9,11H,5-6,18H2,1-4H3/t11-/m0/s1. The monoisotopic (exact) mass is 275 g/mol. The minimum Gasteiger partial charge on any atom is -0.324 e. The highest BCUT2D eigenvalue weighted by molar-refractivity contribution is 5.46. The van der Waals surface area contributed by atoms with Crippen molar-refractivity contribution in [1.82, 2.24) is 9.78 Å². The van der Waals surface area contributed by atoms with Crippen LogP contribution in [0.25, 0.3) is 5.69 Å². The van der Waals surface area contributed by atoms with Crippen molar-refractivity contribution in [3.05, 3.63) is 46.5 Å². The van der Waals surface area contributed by atoms with Gasteiger partial charge in [0.05, 0.1) is 11.4 Å². The maximum absolute atomic E-state index is 13.8. The Bertz CT molecular complexity index is 614. The van der Waals surface area contributed by atoms with Crippen molar-refractivity contribution in [3.63, 3.8) is 0 Å².